The molecule has 0 spiro atoms. The zero-order valence-electron chi connectivity index (χ0n) is 11.5. The summed E-state index contributed by atoms with van der Waals surface area (Å²) in [5, 5.41) is 4.21. The third-order valence-corrected chi connectivity index (χ3v) is 4.78. The van der Waals surface area contributed by atoms with Crippen molar-refractivity contribution < 1.29 is 0 Å². The fourth-order valence-corrected chi connectivity index (χ4v) is 3.70. The summed E-state index contributed by atoms with van der Waals surface area (Å²) in [6, 6.07) is 17.4. The Kier molecular flexibility index (Phi) is 3.85. The minimum atomic E-state index is -0.0183. The van der Waals surface area contributed by atoms with Crippen LogP contribution >= 0.6 is 23.7 Å². The molecule has 0 amide bonds. The lowest BCUT2D eigenvalue weighted by atomic mass is 9.97. The monoisotopic (exact) mass is 313 g/mol. The zero-order chi connectivity index (χ0) is 13.5. The lowest BCUT2D eigenvalue weighted by Crippen LogP contribution is -2.11. The van der Waals surface area contributed by atoms with Gasteiger partial charge in [-0.3, -0.25) is 0 Å². The first-order valence-electron chi connectivity index (χ1n) is 6.82. The summed E-state index contributed by atoms with van der Waals surface area (Å²) in [5.74, 6) is 0. The smallest absolute Gasteiger partial charge is 0.0559 e. The van der Waals surface area contributed by atoms with Crippen LogP contribution in [0.4, 0.5) is 0 Å². The van der Waals surface area contributed by atoms with Crippen molar-refractivity contribution in [2.24, 2.45) is 5.73 Å². The maximum absolute atomic E-state index is 6.37. The molecule has 0 unspecified atom stereocenters. The summed E-state index contributed by atoms with van der Waals surface area (Å²) in [6.45, 7) is 0. The van der Waals surface area contributed by atoms with Crippen LogP contribution in [0, 0.1) is 0 Å². The SMILES string of the molecule is Cl.N[C@H](c1ccsc1)c1ccc2c(c1)Cc1ccccc1-2. The topological polar surface area (TPSA) is 26.0 Å². The van der Waals surface area contributed by atoms with Crippen LogP contribution in [0.25, 0.3) is 11.1 Å². The van der Waals surface area contributed by atoms with Crippen molar-refractivity contribution in [1.82, 2.24) is 0 Å². The summed E-state index contributed by atoms with van der Waals surface area (Å²) < 4.78 is 0. The normalized spacial score (nSPS) is 13.2. The van der Waals surface area contributed by atoms with E-state index in [0.29, 0.717) is 0 Å². The van der Waals surface area contributed by atoms with Gasteiger partial charge < -0.3 is 5.73 Å². The molecule has 0 fully saturated rings. The summed E-state index contributed by atoms with van der Waals surface area (Å²) >= 11 is 1.70. The van der Waals surface area contributed by atoms with E-state index >= 15 is 0 Å². The van der Waals surface area contributed by atoms with Crippen LogP contribution in [0.1, 0.15) is 28.3 Å². The molecule has 0 bridgehead atoms. The molecule has 0 aliphatic heterocycles. The molecule has 0 radical (unpaired) electrons. The van der Waals surface area contributed by atoms with Gasteiger partial charge in [0.05, 0.1) is 6.04 Å². The van der Waals surface area contributed by atoms with E-state index in [0.717, 1.165) is 6.42 Å². The largest absolute Gasteiger partial charge is 0.320 e. The van der Waals surface area contributed by atoms with Crippen molar-refractivity contribution >= 4 is 23.7 Å². The van der Waals surface area contributed by atoms with E-state index in [4.69, 9.17) is 5.73 Å². The second-order valence-electron chi connectivity index (χ2n) is 5.28. The van der Waals surface area contributed by atoms with Gasteiger partial charge in [0.1, 0.15) is 0 Å². The predicted molar refractivity (Wildman–Crippen MR) is 92.3 cm³/mol. The first-order chi connectivity index (χ1) is 9.83. The Bertz CT molecular complexity index is 765. The van der Waals surface area contributed by atoms with Crippen LogP contribution in [0.3, 0.4) is 0 Å². The number of thiophene rings is 1. The molecule has 1 atom stereocenters. The first-order valence-corrected chi connectivity index (χ1v) is 7.76. The molecule has 3 heteroatoms. The molecule has 4 rings (SSSR count). The fraction of sp³-hybridized carbons (Fsp3) is 0.111. The lowest BCUT2D eigenvalue weighted by molar-refractivity contribution is 0.875. The minimum Gasteiger partial charge on any atom is -0.320 e. The Morgan fingerprint density at radius 3 is 2.52 bits per heavy atom. The Morgan fingerprint density at radius 1 is 0.905 bits per heavy atom. The summed E-state index contributed by atoms with van der Waals surface area (Å²) in [6.07, 6.45) is 1.02. The molecular weight excluding hydrogens is 298 g/mol. The zero-order valence-corrected chi connectivity index (χ0v) is 13.1. The van der Waals surface area contributed by atoms with Crippen molar-refractivity contribution in [2.45, 2.75) is 12.5 Å². The highest BCUT2D eigenvalue weighted by Crippen LogP contribution is 2.37. The van der Waals surface area contributed by atoms with Crippen LogP contribution in [0.15, 0.2) is 59.3 Å². The van der Waals surface area contributed by atoms with Crippen LogP contribution < -0.4 is 5.73 Å². The quantitative estimate of drug-likeness (QED) is 0.566. The van der Waals surface area contributed by atoms with E-state index in [-0.39, 0.29) is 18.4 Å². The Hall–Kier alpha value is -1.61. The molecule has 0 saturated heterocycles. The van der Waals surface area contributed by atoms with Crippen molar-refractivity contribution in [3.05, 3.63) is 81.5 Å². The van der Waals surface area contributed by atoms with E-state index in [1.165, 1.54) is 33.4 Å². The molecule has 1 nitrogen and oxygen atoms in total. The molecular formula is C18H16ClNS. The molecule has 2 N–H and O–H groups in total. The fourth-order valence-electron chi connectivity index (χ4n) is 3.00. The Balaban J connectivity index is 0.00000132. The van der Waals surface area contributed by atoms with Gasteiger partial charge in [-0.05, 0) is 56.6 Å². The molecule has 1 aliphatic rings. The number of hydrogen-bond donors (Lipinski definition) is 1. The number of halogens is 1. The van der Waals surface area contributed by atoms with Crippen molar-refractivity contribution in [1.29, 1.82) is 0 Å². The van der Waals surface area contributed by atoms with E-state index in [9.17, 15) is 0 Å². The Labute approximate surface area is 134 Å². The Morgan fingerprint density at radius 2 is 1.71 bits per heavy atom. The predicted octanol–water partition coefficient (Wildman–Crippen LogP) is 4.79. The summed E-state index contributed by atoms with van der Waals surface area (Å²) in [4.78, 5) is 0. The molecule has 1 aromatic heterocycles. The second-order valence-corrected chi connectivity index (χ2v) is 6.06. The number of benzene rings is 2. The first kappa shape index (κ1) is 14.3. The van der Waals surface area contributed by atoms with E-state index < -0.39 is 0 Å². The van der Waals surface area contributed by atoms with Gasteiger partial charge in [-0.15, -0.1) is 12.4 Å². The standard InChI is InChI=1S/C18H15NS.ClH/c19-18(14-7-8-20-11-14)13-5-6-17-15(10-13)9-12-3-1-2-4-16(12)17;/h1-8,10-11,18H,9,19H2;1H/t18-;/m0./s1. The average molecular weight is 314 g/mol. The second kappa shape index (κ2) is 5.64. The van der Waals surface area contributed by atoms with Gasteiger partial charge in [0.25, 0.3) is 0 Å². The van der Waals surface area contributed by atoms with Crippen LogP contribution in [-0.4, -0.2) is 0 Å². The van der Waals surface area contributed by atoms with Gasteiger partial charge in [0, 0.05) is 0 Å². The molecule has 1 heterocycles. The van der Waals surface area contributed by atoms with Crippen molar-refractivity contribution in [3.8, 4) is 11.1 Å². The van der Waals surface area contributed by atoms with Crippen LogP contribution in [0.2, 0.25) is 0 Å². The number of hydrogen-bond acceptors (Lipinski definition) is 2. The maximum atomic E-state index is 6.37. The van der Waals surface area contributed by atoms with Crippen LogP contribution in [-0.2, 0) is 6.42 Å². The van der Waals surface area contributed by atoms with Gasteiger partial charge in [-0.25, -0.2) is 0 Å². The maximum Gasteiger partial charge on any atom is 0.0559 e. The van der Waals surface area contributed by atoms with Gasteiger partial charge in [0.2, 0.25) is 0 Å². The molecule has 3 aromatic rings. The molecule has 0 saturated carbocycles. The number of fused-ring (bicyclic) bond motifs is 3. The van der Waals surface area contributed by atoms with E-state index in [1.807, 2.05) is 0 Å². The van der Waals surface area contributed by atoms with Gasteiger partial charge >= 0.3 is 0 Å². The minimum absolute atomic E-state index is 0. The molecule has 1 aliphatic carbocycles. The third kappa shape index (κ3) is 2.40. The van der Waals surface area contributed by atoms with Crippen LogP contribution in [0.5, 0.6) is 0 Å². The highest BCUT2D eigenvalue weighted by atomic mass is 35.5. The number of rotatable bonds is 2. The van der Waals surface area contributed by atoms with E-state index in [1.54, 1.807) is 11.3 Å². The summed E-state index contributed by atoms with van der Waals surface area (Å²) in [5.41, 5.74) is 14.3. The molecule has 106 valence electrons. The molecule has 21 heavy (non-hydrogen) atoms. The molecule has 2 aromatic carbocycles. The van der Waals surface area contributed by atoms with Crippen molar-refractivity contribution in [3.63, 3.8) is 0 Å². The van der Waals surface area contributed by atoms with Gasteiger partial charge in [-0.2, -0.15) is 11.3 Å². The highest BCUT2D eigenvalue weighted by molar-refractivity contribution is 7.08. The highest BCUT2D eigenvalue weighted by Gasteiger charge is 2.19. The van der Waals surface area contributed by atoms with Crippen molar-refractivity contribution in [2.75, 3.05) is 0 Å². The third-order valence-electron chi connectivity index (χ3n) is 4.08. The summed E-state index contributed by atoms with van der Waals surface area (Å²) in [7, 11) is 0. The van der Waals surface area contributed by atoms with Gasteiger partial charge in [0.15, 0.2) is 0 Å². The lowest BCUT2D eigenvalue weighted by Gasteiger charge is -2.12. The van der Waals surface area contributed by atoms with E-state index in [2.05, 4.69) is 59.3 Å². The average Bonchev–Trinajstić information content (AvgIpc) is 3.13. The number of nitrogens with two attached hydrogens (primary N) is 1. The van der Waals surface area contributed by atoms with Gasteiger partial charge in [-0.1, -0.05) is 42.5 Å².